The standard InChI is InChI=1S/C62H78N2O5S4/c1-9-17-21-39(13-5)35-65-51-29-45-43-25-27-70-57(43)59-49(47(45)31-53(51)67-37-41(15-7)23-19-11-3)33-55(72-59)61-63-64-62(69-61)56-34-50-48-32-54(68-38-42(16-8)24-20-12-4)52(66-36-40(14-6)22-18-10-2)30-46(48)44-26-28-71-58(44)60(50)73-56/h25-34,39-42H,9-24,35-38H2,1-8H3. The van der Waals surface area contributed by atoms with Gasteiger partial charge in [-0.3, -0.25) is 0 Å². The van der Waals surface area contributed by atoms with E-state index in [4.69, 9.17) is 33.6 Å². The summed E-state index contributed by atoms with van der Waals surface area (Å²) in [5.74, 6) is 6.46. The van der Waals surface area contributed by atoms with Crippen LogP contribution >= 0.6 is 45.3 Å². The first-order valence-corrected chi connectivity index (χ1v) is 31.4. The normalized spacial score (nSPS) is 13.8. The van der Waals surface area contributed by atoms with Gasteiger partial charge >= 0.3 is 0 Å². The Bertz CT molecular complexity index is 3000. The Morgan fingerprint density at radius 2 is 0.712 bits per heavy atom. The molecule has 0 amide bonds. The second-order valence-electron chi connectivity index (χ2n) is 20.5. The number of thiophene rings is 4. The van der Waals surface area contributed by atoms with E-state index in [1.54, 1.807) is 45.3 Å². The molecule has 0 saturated carbocycles. The third-order valence-corrected chi connectivity index (χ3v) is 19.9. The first kappa shape index (κ1) is 53.4. The Balaban J connectivity index is 1.09. The molecule has 0 aliphatic rings. The maximum atomic E-state index is 6.82. The summed E-state index contributed by atoms with van der Waals surface area (Å²) in [4.78, 5) is 1.91. The summed E-state index contributed by atoms with van der Waals surface area (Å²) in [5.41, 5.74) is 0. The number of hydrogen-bond donors (Lipinski definition) is 0. The third kappa shape index (κ3) is 11.9. The minimum Gasteiger partial charge on any atom is -0.489 e. The van der Waals surface area contributed by atoms with Crippen LogP contribution < -0.4 is 18.9 Å². The van der Waals surface area contributed by atoms with Gasteiger partial charge in [-0.05, 0) is 130 Å². The SMILES string of the molecule is CCCCC(CC)COc1cc2c(cc1OCC(CC)CCCC)c1cc(-c3nnc(-c4cc5c6cc(OCC(CC)CCCC)c(OCC(CC)CCCC)cc6c6ccsc6c5s4)o3)sc1c1sccc21. The zero-order chi connectivity index (χ0) is 50.8. The van der Waals surface area contributed by atoms with Gasteiger partial charge in [0, 0.05) is 21.5 Å². The van der Waals surface area contributed by atoms with Crippen molar-refractivity contribution in [2.45, 2.75) is 158 Å². The van der Waals surface area contributed by atoms with Gasteiger partial charge in [0.25, 0.3) is 11.8 Å². The van der Waals surface area contributed by atoms with Crippen molar-refractivity contribution in [3.63, 3.8) is 0 Å². The number of aromatic nitrogens is 2. The average Bonchev–Trinajstić information content (AvgIpc) is 4.29. The smallest absolute Gasteiger partial charge is 0.258 e. The van der Waals surface area contributed by atoms with Crippen molar-refractivity contribution in [3.05, 3.63) is 59.3 Å². The van der Waals surface area contributed by atoms with Gasteiger partial charge < -0.3 is 23.4 Å². The monoisotopic (exact) mass is 1060 g/mol. The molecule has 0 saturated heterocycles. The lowest BCUT2D eigenvalue weighted by Gasteiger charge is -2.21. The minimum absolute atomic E-state index is 0.502. The summed E-state index contributed by atoms with van der Waals surface area (Å²) in [6.45, 7) is 21.0. The molecule has 0 N–H and O–H groups in total. The van der Waals surface area contributed by atoms with Crippen LogP contribution in [0.5, 0.6) is 23.0 Å². The molecule has 5 heterocycles. The summed E-state index contributed by atoms with van der Waals surface area (Å²) in [6, 6.07) is 18.0. The van der Waals surface area contributed by atoms with Gasteiger partial charge in [-0.15, -0.1) is 55.5 Å². The molecule has 9 rings (SSSR count). The highest BCUT2D eigenvalue weighted by Gasteiger charge is 2.24. The Hall–Kier alpha value is -4.42. The largest absolute Gasteiger partial charge is 0.489 e. The molecule has 11 heteroatoms. The van der Waals surface area contributed by atoms with Crippen molar-refractivity contribution in [2.24, 2.45) is 23.7 Å². The van der Waals surface area contributed by atoms with Crippen molar-refractivity contribution in [1.82, 2.24) is 10.2 Å². The summed E-state index contributed by atoms with van der Waals surface area (Å²) < 4.78 is 38.9. The first-order valence-electron chi connectivity index (χ1n) is 28.0. The van der Waals surface area contributed by atoms with Crippen LogP contribution in [0.3, 0.4) is 0 Å². The van der Waals surface area contributed by atoms with E-state index in [2.05, 4.69) is 115 Å². The van der Waals surface area contributed by atoms with Gasteiger partial charge in [0.1, 0.15) is 0 Å². The van der Waals surface area contributed by atoms with E-state index < -0.39 is 0 Å². The number of ether oxygens (including phenoxy) is 4. The van der Waals surface area contributed by atoms with Crippen LogP contribution in [0, 0.1) is 23.7 Å². The van der Waals surface area contributed by atoms with Crippen LogP contribution in [-0.2, 0) is 0 Å². The maximum absolute atomic E-state index is 6.82. The van der Waals surface area contributed by atoms with Gasteiger partial charge in [-0.25, -0.2) is 0 Å². The lowest BCUT2D eigenvalue weighted by Crippen LogP contribution is -2.14. The number of benzene rings is 4. The summed E-state index contributed by atoms with van der Waals surface area (Å²) in [6.07, 6.45) is 18.8. The number of fused-ring (bicyclic) bond motifs is 12. The summed E-state index contributed by atoms with van der Waals surface area (Å²) in [5, 5.41) is 23.4. The van der Waals surface area contributed by atoms with Crippen molar-refractivity contribution < 1.29 is 23.4 Å². The van der Waals surface area contributed by atoms with Crippen LogP contribution in [0.15, 0.2) is 63.7 Å². The molecule has 73 heavy (non-hydrogen) atoms. The fourth-order valence-electron chi connectivity index (χ4n) is 10.4. The van der Waals surface area contributed by atoms with Crippen molar-refractivity contribution in [2.75, 3.05) is 26.4 Å². The lowest BCUT2D eigenvalue weighted by atomic mass is 10.00. The van der Waals surface area contributed by atoms with Crippen LogP contribution in [0.25, 0.3) is 83.4 Å². The highest BCUT2D eigenvalue weighted by Crippen LogP contribution is 2.50. The quantitative estimate of drug-likeness (QED) is 0.0444. The molecule has 0 spiro atoms. The molecule has 0 aliphatic heterocycles. The fraction of sp³-hybridized carbons (Fsp3) is 0.516. The van der Waals surface area contributed by atoms with E-state index in [1.807, 2.05) is 0 Å². The van der Waals surface area contributed by atoms with E-state index in [9.17, 15) is 0 Å². The van der Waals surface area contributed by atoms with Crippen molar-refractivity contribution in [3.8, 4) is 44.5 Å². The molecule has 0 fully saturated rings. The van der Waals surface area contributed by atoms with Gasteiger partial charge in [-0.1, -0.05) is 132 Å². The molecule has 5 aromatic heterocycles. The second-order valence-corrected chi connectivity index (χ2v) is 24.5. The van der Waals surface area contributed by atoms with Gasteiger partial charge in [0.2, 0.25) is 0 Å². The zero-order valence-electron chi connectivity index (χ0n) is 44.8. The predicted octanol–water partition coefficient (Wildman–Crippen LogP) is 20.9. The summed E-state index contributed by atoms with van der Waals surface area (Å²) >= 11 is 7.04. The minimum atomic E-state index is 0.502. The Labute approximate surface area is 450 Å². The predicted molar refractivity (Wildman–Crippen MR) is 317 cm³/mol. The van der Waals surface area contributed by atoms with Gasteiger partial charge in [-0.2, -0.15) is 0 Å². The number of nitrogens with zero attached hydrogens (tertiary/aromatic N) is 2. The molecule has 0 bridgehead atoms. The van der Waals surface area contributed by atoms with Gasteiger partial charge in [0.15, 0.2) is 23.0 Å². The van der Waals surface area contributed by atoms with Crippen LogP contribution in [-0.4, -0.2) is 36.6 Å². The van der Waals surface area contributed by atoms with Crippen LogP contribution in [0.4, 0.5) is 0 Å². The molecule has 7 nitrogen and oxygen atoms in total. The molecular weight excluding hydrogens is 981 g/mol. The van der Waals surface area contributed by atoms with Crippen LogP contribution in [0.2, 0.25) is 0 Å². The highest BCUT2D eigenvalue weighted by atomic mass is 32.1. The summed E-state index contributed by atoms with van der Waals surface area (Å²) in [7, 11) is 0. The average molecular weight is 1060 g/mol. The van der Waals surface area contributed by atoms with E-state index in [1.165, 1.54) is 128 Å². The zero-order valence-corrected chi connectivity index (χ0v) is 48.1. The molecule has 4 unspecified atom stereocenters. The number of unbranched alkanes of at least 4 members (excludes halogenated alkanes) is 4. The van der Waals surface area contributed by atoms with Gasteiger partial charge in [0.05, 0.1) is 55.0 Å². The second kappa shape index (κ2) is 25.4. The molecule has 0 radical (unpaired) electrons. The number of hydrogen-bond acceptors (Lipinski definition) is 11. The topological polar surface area (TPSA) is 75.8 Å². The van der Waals surface area contributed by atoms with Crippen molar-refractivity contribution in [1.29, 1.82) is 0 Å². The molecule has 390 valence electrons. The lowest BCUT2D eigenvalue weighted by molar-refractivity contribution is 0.199. The van der Waals surface area contributed by atoms with E-state index in [0.717, 1.165) is 69.2 Å². The molecule has 0 aliphatic carbocycles. The van der Waals surface area contributed by atoms with E-state index in [-0.39, 0.29) is 0 Å². The van der Waals surface area contributed by atoms with E-state index >= 15 is 0 Å². The maximum Gasteiger partial charge on any atom is 0.258 e. The Morgan fingerprint density at radius 3 is 1.01 bits per heavy atom. The van der Waals surface area contributed by atoms with E-state index in [0.29, 0.717) is 61.9 Å². The third-order valence-electron chi connectivity index (χ3n) is 15.5. The molecule has 4 atom stereocenters. The fourth-order valence-corrected chi connectivity index (χ4v) is 14.8. The van der Waals surface area contributed by atoms with Crippen LogP contribution in [0.1, 0.15) is 158 Å². The molecule has 4 aromatic carbocycles. The Kier molecular flexibility index (Phi) is 18.6. The molecular formula is C62H78N2O5S4. The molecule has 9 aromatic rings. The number of rotatable bonds is 30. The highest BCUT2D eigenvalue weighted by molar-refractivity contribution is 7.29. The first-order chi connectivity index (χ1) is 35.8. The Morgan fingerprint density at radius 1 is 0.397 bits per heavy atom. The van der Waals surface area contributed by atoms with Crippen molar-refractivity contribution >= 4 is 107 Å².